The van der Waals surface area contributed by atoms with Crippen LogP contribution in [0.25, 0.3) is 0 Å². The normalized spacial score (nSPS) is 15.0. The van der Waals surface area contributed by atoms with Gasteiger partial charge in [0.1, 0.15) is 12.4 Å². The van der Waals surface area contributed by atoms with Gasteiger partial charge in [0, 0.05) is 56.6 Å². The van der Waals surface area contributed by atoms with Gasteiger partial charge in [-0.3, -0.25) is 9.89 Å². The number of aromatic nitrogens is 2. The van der Waals surface area contributed by atoms with E-state index < -0.39 is 0 Å². The lowest BCUT2D eigenvalue weighted by Crippen LogP contribution is -2.53. The highest BCUT2D eigenvalue weighted by Gasteiger charge is 2.19. The fourth-order valence-corrected chi connectivity index (χ4v) is 3.42. The third kappa shape index (κ3) is 8.40. The van der Waals surface area contributed by atoms with Crippen molar-refractivity contribution in [2.24, 2.45) is 4.99 Å². The summed E-state index contributed by atoms with van der Waals surface area (Å²) in [6.07, 6.45) is 0.649. The highest BCUT2D eigenvalue weighted by molar-refractivity contribution is 14.0. The predicted molar refractivity (Wildman–Crippen MR) is 138 cm³/mol. The van der Waals surface area contributed by atoms with Gasteiger partial charge in [-0.05, 0) is 31.2 Å². The summed E-state index contributed by atoms with van der Waals surface area (Å²) in [5.41, 5.74) is 0. The quantitative estimate of drug-likeness (QED) is 0.277. The van der Waals surface area contributed by atoms with E-state index >= 15 is 0 Å². The van der Waals surface area contributed by atoms with Gasteiger partial charge in [0.2, 0.25) is 5.89 Å². The van der Waals surface area contributed by atoms with E-state index in [2.05, 4.69) is 46.0 Å². The molecule has 1 saturated heterocycles. The van der Waals surface area contributed by atoms with Crippen molar-refractivity contribution in [2.75, 3.05) is 52.4 Å². The Morgan fingerprint density at radius 2 is 1.94 bits per heavy atom. The molecule has 32 heavy (non-hydrogen) atoms. The number of halogens is 2. The van der Waals surface area contributed by atoms with Crippen LogP contribution in [0.2, 0.25) is 5.02 Å². The van der Waals surface area contributed by atoms with Gasteiger partial charge in [-0.1, -0.05) is 30.6 Å². The Balaban J connectivity index is 0.00000363. The number of nitrogens with one attached hydrogen (secondary N) is 1. The van der Waals surface area contributed by atoms with E-state index in [1.165, 1.54) is 0 Å². The maximum atomic E-state index is 5.91. The van der Waals surface area contributed by atoms with Crippen molar-refractivity contribution < 1.29 is 9.26 Å². The van der Waals surface area contributed by atoms with Crippen LogP contribution in [0.3, 0.4) is 0 Å². The molecule has 2 heterocycles. The van der Waals surface area contributed by atoms with Crippen molar-refractivity contribution in [3.8, 4) is 5.75 Å². The number of ether oxygens (including phenoxy) is 1. The Bertz CT molecular complexity index is 822. The second kappa shape index (κ2) is 13.8. The van der Waals surface area contributed by atoms with Gasteiger partial charge in [-0.2, -0.15) is 4.98 Å². The molecule has 1 aliphatic rings. The molecule has 10 heteroatoms. The van der Waals surface area contributed by atoms with Crippen LogP contribution in [-0.4, -0.2) is 78.3 Å². The molecule has 0 saturated carbocycles. The average Bonchev–Trinajstić information content (AvgIpc) is 3.24. The van der Waals surface area contributed by atoms with Crippen LogP contribution in [0.4, 0.5) is 0 Å². The highest BCUT2D eigenvalue weighted by Crippen LogP contribution is 2.15. The fraction of sp³-hybridized carbons (Fsp3) is 0.591. The standard InChI is InChI=1S/C22H33ClN6O2.HI/c1-4-24-22(25-10-9-20-26-21(17(2)3)27-31-20)29-13-11-28(12-14-29)15-16-30-19-7-5-18(23)6-8-19;/h5-8,17H,4,9-16H2,1-3H3,(H,24,25);1H. The van der Waals surface area contributed by atoms with Crippen LogP contribution in [-0.2, 0) is 6.42 Å². The smallest absolute Gasteiger partial charge is 0.228 e. The van der Waals surface area contributed by atoms with Crippen molar-refractivity contribution in [2.45, 2.75) is 33.1 Å². The van der Waals surface area contributed by atoms with E-state index in [0.717, 1.165) is 61.8 Å². The summed E-state index contributed by atoms with van der Waals surface area (Å²) < 4.78 is 11.1. The van der Waals surface area contributed by atoms with Crippen molar-refractivity contribution in [3.05, 3.63) is 41.0 Å². The number of guanidine groups is 1. The Hall–Kier alpha value is -1.59. The van der Waals surface area contributed by atoms with E-state index in [9.17, 15) is 0 Å². The molecule has 0 radical (unpaired) electrons. The van der Waals surface area contributed by atoms with E-state index in [1.54, 1.807) is 0 Å². The minimum absolute atomic E-state index is 0. The van der Waals surface area contributed by atoms with E-state index in [0.29, 0.717) is 25.5 Å². The molecule has 0 atom stereocenters. The first-order valence-electron chi connectivity index (χ1n) is 11.0. The Labute approximate surface area is 212 Å². The van der Waals surface area contributed by atoms with E-state index in [4.69, 9.17) is 25.9 Å². The van der Waals surface area contributed by atoms with Gasteiger partial charge in [0.05, 0.1) is 6.54 Å². The first-order valence-corrected chi connectivity index (χ1v) is 11.4. The lowest BCUT2D eigenvalue weighted by atomic mass is 10.2. The topological polar surface area (TPSA) is 79.0 Å². The zero-order chi connectivity index (χ0) is 22.1. The summed E-state index contributed by atoms with van der Waals surface area (Å²) in [7, 11) is 0. The molecular weight excluding hydrogens is 543 g/mol. The molecule has 178 valence electrons. The molecule has 0 unspecified atom stereocenters. The fourth-order valence-electron chi connectivity index (χ4n) is 3.29. The van der Waals surface area contributed by atoms with E-state index in [1.807, 2.05) is 24.3 Å². The van der Waals surface area contributed by atoms with E-state index in [-0.39, 0.29) is 29.9 Å². The number of benzene rings is 1. The predicted octanol–water partition coefficient (Wildman–Crippen LogP) is 3.67. The number of nitrogens with zero attached hydrogens (tertiary/aromatic N) is 5. The largest absolute Gasteiger partial charge is 0.492 e. The van der Waals surface area contributed by atoms with Crippen LogP contribution in [0.5, 0.6) is 5.75 Å². The van der Waals surface area contributed by atoms with Crippen molar-refractivity contribution in [3.63, 3.8) is 0 Å². The van der Waals surface area contributed by atoms with Gasteiger partial charge < -0.3 is 19.5 Å². The van der Waals surface area contributed by atoms with Crippen molar-refractivity contribution in [1.29, 1.82) is 0 Å². The van der Waals surface area contributed by atoms with Crippen LogP contribution in [0.15, 0.2) is 33.8 Å². The molecule has 0 spiro atoms. The summed E-state index contributed by atoms with van der Waals surface area (Å²) >= 11 is 5.91. The molecule has 1 fully saturated rings. The number of hydrogen-bond acceptors (Lipinski definition) is 6. The maximum absolute atomic E-state index is 5.91. The van der Waals surface area contributed by atoms with Gasteiger partial charge in [-0.25, -0.2) is 0 Å². The van der Waals surface area contributed by atoms with Gasteiger partial charge in [-0.15, -0.1) is 24.0 Å². The minimum atomic E-state index is 0. The summed E-state index contributed by atoms with van der Waals surface area (Å²) in [5, 5.41) is 8.14. The average molecular weight is 577 g/mol. The number of piperazine rings is 1. The zero-order valence-corrected chi connectivity index (χ0v) is 22.2. The van der Waals surface area contributed by atoms with Crippen LogP contribution >= 0.6 is 35.6 Å². The van der Waals surface area contributed by atoms with Crippen LogP contribution in [0, 0.1) is 0 Å². The first kappa shape index (κ1) is 26.7. The van der Waals surface area contributed by atoms with Gasteiger partial charge in [0.25, 0.3) is 0 Å². The third-order valence-corrected chi connectivity index (χ3v) is 5.34. The molecule has 0 bridgehead atoms. The molecule has 8 nitrogen and oxygen atoms in total. The third-order valence-electron chi connectivity index (χ3n) is 5.08. The lowest BCUT2D eigenvalue weighted by Gasteiger charge is -2.36. The van der Waals surface area contributed by atoms with Crippen molar-refractivity contribution in [1.82, 2.24) is 25.3 Å². The maximum Gasteiger partial charge on any atom is 0.228 e. The highest BCUT2D eigenvalue weighted by atomic mass is 127. The first-order chi connectivity index (χ1) is 15.0. The molecule has 1 aliphatic heterocycles. The molecule has 0 amide bonds. The van der Waals surface area contributed by atoms with Crippen molar-refractivity contribution >= 4 is 41.5 Å². The number of aliphatic imine (C=N–C) groups is 1. The van der Waals surface area contributed by atoms with Gasteiger partial charge >= 0.3 is 0 Å². The minimum Gasteiger partial charge on any atom is -0.492 e. The SMILES string of the molecule is CCNC(=NCCc1nc(C(C)C)no1)N1CCN(CCOc2ccc(Cl)cc2)CC1.I. The summed E-state index contributed by atoms with van der Waals surface area (Å²) in [6, 6.07) is 7.49. The molecular formula is C22H34ClIN6O2. The zero-order valence-electron chi connectivity index (χ0n) is 19.1. The summed E-state index contributed by atoms with van der Waals surface area (Å²) in [4.78, 5) is 13.9. The molecule has 1 N–H and O–H groups in total. The second-order valence-corrected chi connectivity index (χ2v) is 8.25. The molecule has 1 aromatic carbocycles. The molecule has 3 rings (SSSR count). The monoisotopic (exact) mass is 576 g/mol. The Kier molecular flexibility index (Phi) is 11.5. The van der Waals surface area contributed by atoms with Crippen LogP contribution in [0.1, 0.15) is 38.4 Å². The Morgan fingerprint density at radius 3 is 2.56 bits per heavy atom. The molecule has 0 aliphatic carbocycles. The molecule has 2 aromatic rings. The van der Waals surface area contributed by atoms with Crippen LogP contribution < -0.4 is 10.1 Å². The Morgan fingerprint density at radius 1 is 1.22 bits per heavy atom. The second-order valence-electron chi connectivity index (χ2n) is 7.82. The summed E-state index contributed by atoms with van der Waals surface area (Å²) in [6.45, 7) is 13.1. The van der Waals surface area contributed by atoms with Gasteiger partial charge in [0.15, 0.2) is 11.8 Å². The molecule has 1 aromatic heterocycles. The number of rotatable bonds is 9. The lowest BCUT2D eigenvalue weighted by molar-refractivity contribution is 0.152. The number of hydrogen-bond donors (Lipinski definition) is 1. The summed E-state index contributed by atoms with van der Waals surface area (Å²) in [5.74, 6) is 3.47.